The van der Waals surface area contributed by atoms with Crippen LogP contribution in [0.25, 0.3) is 0 Å². The third kappa shape index (κ3) is 5.75. The highest BCUT2D eigenvalue weighted by molar-refractivity contribution is 5.91. The van der Waals surface area contributed by atoms with Gasteiger partial charge in [0.2, 0.25) is 0 Å². The minimum absolute atomic E-state index is 0.140. The molecular weight excluding hydrogens is 387 g/mol. The van der Waals surface area contributed by atoms with Crippen LogP contribution in [0.5, 0.6) is 11.5 Å². The second-order valence-corrected chi connectivity index (χ2v) is 6.29. The van der Waals surface area contributed by atoms with Crippen molar-refractivity contribution in [3.63, 3.8) is 0 Å². The summed E-state index contributed by atoms with van der Waals surface area (Å²) in [6, 6.07) is 19.4. The second-order valence-electron chi connectivity index (χ2n) is 6.29. The van der Waals surface area contributed by atoms with Crippen LogP contribution in [0, 0.1) is 12.7 Å². The van der Waals surface area contributed by atoms with E-state index in [4.69, 9.17) is 9.47 Å². The van der Waals surface area contributed by atoms with Crippen LogP contribution in [0.3, 0.4) is 0 Å². The molecule has 3 aromatic carbocycles. The molecule has 30 heavy (non-hydrogen) atoms. The standard InChI is InChI=1S/C23H19FN2O4/c1-16-6-2-5-9-21(16)29-15-22(27)26-25-14-17-10-12-18(13-11-17)30-23(28)19-7-3-4-8-20(19)24/h2-14H,15H2,1H3,(H,26,27)/b25-14-. The molecule has 1 amide bonds. The molecule has 6 nitrogen and oxygen atoms in total. The highest BCUT2D eigenvalue weighted by atomic mass is 19.1. The van der Waals surface area contributed by atoms with Crippen LogP contribution in [0.15, 0.2) is 77.9 Å². The lowest BCUT2D eigenvalue weighted by molar-refractivity contribution is -0.123. The van der Waals surface area contributed by atoms with Crippen molar-refractivity contribution in [2.24, 2.45) is 5.10 Å². The van der Waals surface area contributed by atoms with E-state index in [1.807, 2.05) is 25.1 Å². The molecule has 0 unspecified atom stereocenters. The first kappa shape index (κ1) is 20.7. The molecule has 1 N–H and O–H groups in total. The first-order valence-corrected chi connectivity index (χ1v) is 9.10. The summed E-state index contributed by atoms with van der Waals surface area (Å²) >= 11 is 0. The molecule has 0 bridgehead atoms. The molecule has 0 saturated heterocycles. The quantitative estimate of drug-likeness (QED) is 0.280. The minimum Gasteiger partial charge on any atom is -0.483 e. The average molecular weight is 406 g/mol. The van der Waals surface area contributed by atoms with Crippen molar-refractivity contribution in [1.29, 1.82) is 0 Å². The Kier molecular flexibility index (Phi) is 6.89. The van der Waals surface area contributed by atoms with Gasteiger partial charge in [-0.2, -0.15) is 5.10 Å². The fourth-order valence-electron chi connectivity index (χ4n) is 2.48. The van der Waals surface area contributed by atoms with Crippen LogP contribution in [0.2, 0.25) is 0 Å². The normalized spacial score (nSPS) is 10.6. The second kappa shape index (κ2) is 9.97. The summed E-state index contributed by atoms with van der Waals surface area (Å²) < 4.78 is 24.2. The number of ether oxygens (including phenoxy) is 2. The van der Waals surface area contributed by atoms with Crippen molar-refractivity contribution in [3.8, 4) is 11.5 Å². The number of esters is 1. The van der Waals surface area contributed by atoms with Gasteiger partial charge in [-0.1, -0.05) is 30.3 Å². The Balaban J connectivity index is 1.48. The zero-order chi connectivity index (χ0) is 21.3. The van der Waals surface area contributed by atoms with Gasteiger partial charge in [0, 0.05) is 0 Å². The van der Waals surface area contributed by atoms with E-state index in [9.17, 15) is 14.0 Å². The Morgan fingerprint density at radius 3 is 2.43 bits per heavy atom. The first-order valence-electron chi connectivity index (χ1n) is 9.10. The van der Waals surface area contributed by atoms with Crippen LogP contribution in [0.4, 0.5) is 4.39 Å². The maximum atomic E-state index is 13.6. The van der Waals surface area contributed by atoms with Gasteiger partial charge in [-0.25, -0.2) is 14.6 Å². The van der Waals surface area contributed by atoms with Gasteiger partial charge in [0.15, 0.2) is 6.61 Å². The Bertz CT molecular complexity index is 1060. The van der Waals surface area contributed by atoms with Crippen LogP contribution in [-0.2, 0) is 4.79 Å². The van der Waals surface area contributed by atoms with Crippen LogP contribution in [-0.4, -0.2) is 24.7 Å². The number of amides is 1. The van der Waals surface area contributed by atoms with E-state index in [1.165, 1.54) is 24.4 Å². The molecular formula is C23H19FN2O4. The lowest BCUT2D eigenvalue weighted by atomic mass is 10.2. The number of carbonyl (C=O) groups excluding carboxylic acids is 2. The molecule has 0 aliphatic rings. The number of carbonyl (C=O) groups is 2. The maximum absolute atomic E-state index is 13.6. The van der Waals surface area contributed by atoms with E-state index < -0.39 is 17.7 Å². The lowest BCUT2D eigenvalue weighted by Gasteiger charge is -2.07. The van der Waals surface area contributed by atoms with Crippen molar-refractivity contribution in [2.45, 2.75) is 6.92 Å². The number of nitrogens with zero attached hydrogens (tertiary/aromatic N) is 1. The Hall–Kier alpha value is -4.00. The largest absolute Gasteiger partial charge is 0.483 e. The van der Waals surface area contributed by atoms with Gasteiger partial charge < -0.3 is 9.47 Å². The van der Waals surface area contributed by atoms with E-state index in [2.05, 4.69) is 10.5 Å². The van der Waals surface area contributed by atoms with Crippen molar-refractivity contribution >= 4 is 18.1 Å². The van der Waals surface area contributed by atoms with E-state index in [-0.39, 0.29) is 17.9 Å². The number of hydrogen-bond acceptors (Lipinski definition) is 5. The predicted molar refractivity (Wildman–Crippen MR) is 110 cm³/mol. The fraction of sp³-hybridized carbons (Fsp3) is 0.0870. The third-order valence-corrected chi connectivity index (χ3v) is 4.04. The number of para-hydroxylation sites is 1. The molecule has 0 aliphatic heterocycles. The number of hydrogen-bond donors (Lipinski definition) is 1. The number of benzene rings is 3. The molecule has 0 aliphatic carbocycles. The van der Waals surface area contributed by atoms with Crippen LogP contribution in [0.1, 0.15) is 21.5 Å². The van der Waals surface area contributed by atoms with Crippen molar-refractivity contribution in [3.05, 3.63) is 95.3 Å². The van der Waals surface area contributed by atoms with Crippen molar-refractivity contribution in [2.75, 3.05) is 6.61 Å². The monoisotopic (exact) mass is 406 g/mol. The Morgan fingerprint density at radius 1 is 1.00 bits per heavy atom. The number of halogens is 1. The molecule has 7 heteroatoms. The Labute approximate surface area is 173 Å². The van der Waals surface area contributed by atoms with Gasteiger partial charge in [-0.15, -0.1) is 0 Å². The summed E-state index contributed by atoms with van der Waals surface area (Å²) in [6.07, 6.45) is 1.44. The third-order valence-electron chi connectivity index (χ3n) is 4.04. The van der Waals surface area contributed by atoms with Gasteiger partial charge in [-0.05, 0) is 60.5 Å². The van der Waals surface area contributed by atoms with Gasteiger partial charge in [0.25, 0.3) is 5.91 Å². The molecule has 0 spiro atoms. The van der Waals surface area contributed by atoms with Gasteiger partial charge >= 0.3 is 5.97 Å². The lowest BCUT2D eigenvalue weighted by Crippen LogP contribution is -2.24. The van der Waals surface area contributed by atoms with E-state index in [0.717, 1.165) is 5.56 Å². The molecule has 0 fully saturated rings. The van der Waals surface area contributed by atoms with Crippen molar-refractivity contribution < 1.29 is 23.5 Å². The van der Waals surface area contributed by atoms with Gasteiger partial charge in [-0.3, -0.25) is 4.79 Å². The zero-order valence-corrected chi connectivity index (χ0v) is 16.2. The molecule has 3 aromatic rings. The molecule has 0 heterocycles. The maximum Gasteiger partial charge on any atom is 0.346 e. The minimum atomic E-state index is -0.782. The molecule has 0 atom stereocenters. The average Bonchev–Trinajstić information content (AvgIpc) is 2.74. The van der Waals surface area contributed by atoms with Crippen LogP contribution >= 0.6 is 0 Å². The number of nitrogens with one attached hydrogen (secondary N) is 1. The number of hydrazone groups is 1. The fourth-order valence-corrected chi connectivity index (χ4v) is 2.48. The SMILES string of the molecule is Cc1ccccc1OCC(=O)N/N=C\c1ccc(OC(=O)c2ccccc2F)cc1. The summed E-state index contributed by atoms with van der Waals surface area (Å²) in [7, 11) is 0. The van der Waals surface area contributed by atoms with Crippen LogP contribution < -0.4 is 14.9 Å². The molecule has 0 saturated carbocycles. The predicted octanol–water partition coefficient (Wildman–Crippen LogP) is 3.88. The highest BCUT2D eigenvalue weighted by Crippen LogP contribution is 2.16. The smallest absolute Gasteiger partial charge is 0.346 e. The highest BCUT2D eigenvalue weighted by Gasteiger charge is 2.13. The summed E-state index contributed by atoms with van der Waals surface area (Å²) in [5, 5.41) is 3.86. The Morgan fingerprint density at radius 2 is 1.70 bits per heavy atom. The molecule has 0 radical (unpaired) electrons. The molecule has 0 aromatic heterocycles. The topological polar surface area (TPSA) is 77.0 Å². The summed E-state index contributed by atoms with van der Waals surface area (Å²) in [5.41, 5.74) is 3.84. The van der Waals surface area contributed by atoms with Gasteiger partial charge in [0.05, 0.1) is 11.8 Å². The van der Waals surface area contributed by atoms with E-state index in [0.29, 0.717) is 11.3 Å². The summed E-state index contributed by atoms with van der Waals surface area (Å²) in [6.45, 7) is 1.73. The molecule has 152 valence electrons. The van der Waals surface area contributed by atoms with Crippen molar-refractivity contribution in [1.82, 2.24) is 5.43 Å². The van der Waals surface area contributed by atoms with E-state index in [1.54, 1.807) is 36.4 Å². The summed E-state index contributed by atoms with van der Waals surface area (Å²) in [5.74, 6) is -0.929. The number of aryl methyl sites for hydroxylation is 1. The summed E-state index contributed by atoms with van der Waals surface area (Å²) in [4.78, 5) is 23.8. The zero-order valence-electron chi connectivity index (χ0n) is 16.2. The number of rotatable bonds is 7. The first-order chi connectivity index (χ1) is 14.5. The van der Waals surface area contributed by atoms with E-state index >= 15 is 0 Å². The van der Waals surface area contributed by atoms with Gasteiger partial charge in [0.1, 0.15) is 17.3 Å². The molecule has 3 rings (SSSR count).